The van der Waals surface area contributed by atoms with Crippen molar-refractivity contribution < 1.29 is 9.53 Å². The molecule has 2 atom stereocenters. The fraction of sp³-hybridized carbons (Fsp3) is 0.875. The topological polar surface area (TPSA) is 50.4 Å². The zero-order valence-electron chi connectivity index (χ0n) is 7.75. The highest BCUT2D eigenvalue weighted by atomic mass is 32.1. The summed E-state index contributed by atoms with van der Waals surface area (Å²) in [5.41, 5.74) is 0. The Hall–Kier alpha value is -0.260. The number of hydrogen-bond acceptors (Lipinski definition) is 4. The Kier molecular flexibility index (Phi) is 4.55. The largest absolute Gasteiger partial charge is 0.359 e. The predicted molar refractivity (Wildman–Crippen MR) is 53.8 cm³/mol. The van der Waals surface area contributed by atoms with E-state index in [0.29, 0.717) is 5.75 Å². The van der Waals surface area contributed by atoms with E-state index in [1.807, 2.05) is 0 Å². The minimum Gasteiger partial charge on any atom is -0.359 e. The highest BCUT2D eigenvalue weighted by Crippen LogP contribution is 2.08. The minimum absolute atomic E-state index is 0.0376. The molecule has 2 unspecified atom stereocenters. The molecule has 1 aliphatic rings. The van der Waals surface area contributed by atoms with E-state index in [0.717, 1.165) is 19.4 Å². The number of nitrogens with one attached hydrogen (secondary N) is 2. The van der Waals surface area contributed by atoms with Crippen molar-refractivity contribution >= 4 is 18.5 Å². The molecule has 76 valence electrons. The van der Waals surface area contributed by atoms with Crippen molar-refractivity contribution in [2.24, 2.45) is 0 Å². The average molecular weight is 204 g/mol. The van der Waals surface area contributed by atoms with E-state index in [-0.39, 0.29) is 18.2 Å². The molecule has 1 fully saturated rings. The van der Waals surface area contributed by atoms with E-state index in [2.05, 4.69) is 23.3 Å². The van der Waals surface area contributed by atoms with Crippen molar-refractivity contribution in [3.05, 3.63) is 0 Å². The van der Waals surface area contributed by atoms with Gasteiger partial charge in [-0.25, -0.2) is 0 Å². The Bertz CT molecular complexity index is 168. The second-order valence-corrected chi connectivity index (χ2v) is 3.40. The van der Waals surface area contributed by atoms with Crippen molar-refractivity contribution in [2.45, 2.75) is 25.1 Å². The first-order valence-electron chi connectivity index (χ1n) is 4.48. The third-order valence-electron chi connectivity index (χ3n) is 2.08. The molecular weight excluding hydrogens is 188 g/mol. The fourth-order valence-electron chi connectivity index (χ4n) is 1.26. The van der Waals surface area contributed by atoms with E-state index in [1.54, 1.807) is 7.05 Å². The Morgan fingerprint density at radius 3 is 3.00 bits per heavy atom. The fourth-order valence-corrected chi connectivity index (χ4v) is 1.60. The summed E-state index contributed by atoms with van der Waals surface area (Å²) in [5.74, 6) is 0.458. The first-order valence-corrected chi connectivity index (χ1v) is 5.11. The maximum Gasteiger partial charge on any atom is 0.239 e. The molecule has 1 aliphatic heterocycles. The standard InChI is InChI=1S/C8H16N2O2S/c1-9-6(5-13)8(11)10-7-3-2-4-12-7/h6-7,9,13H,2-5H2,1H3,(H,10,11). The quantitative estimate of drug-likeness (QED) is 0.554. The van der Waals surface area contributed by atoms with Gasteiger partial charge in [-0.2, -0.15) is 12.6 Å². The number of rotatable bonds is 4. The maximum atomic E-state index is 11.5. The summed E-state index contributed by atoms with van der Waals surface area (Å²) in [6.07, 6.45) is 1.84. The number of ether oxygens (including phenoxy) is 1. The number of hydrogen-bond donors (Lipinski definition) is 3. The van der Waals surface area contributed by atoms with Gasteiger partial charge in [0, 0.05) is 12.4 Å². The van der Waals surface area contributed by atoms with E-state index >= 15 is 0 Å². The van der Waals surface area contributed by atoms with Gasteiger partial charge in [0.25, 0.3) is 0 Å². The summed E-state index contributed by atoms with van der Waals surface area (Å²) >= 11 is 4.07. The average Bonchev–Trinajstić information content (AvgIpc) is 2.59. The van der Waals surface area contributed by atoms with Crippen LogP contribution in [0.5, 0.6) is 0 Å². The minimum atomic E-state index is -0.229. The molecule has 0 saturated carbocycles. The van der Waals surface area contributed by atoms with Crippen molar-refractivity contribution in [3.8, 4) is 0 Å². The van der Waals surface area contributed by atoms with Crippen LogP contribution in [-0.2, 0) is 9.53 Å². The smallest absolute Gasteiger partial charge is 0.239 e. The number of likely N-dealkylation sites (N-methyl/N-ethyl adjacent to an activating group) is 1. The van der Waals surface area contributed by atoms with Gasteiger partial charge in [-0.1, -0.05) is 0 Å². The van der Waals surface area contributed by atoms with Crippen molar-refractivity contribution in [2.75, 3.05) is 19.4 Å². The molecule has 4 nitrogen and oxygen atoms in total. The molecule has 13 heavy (non-hydrogen) atoms. The summed E-state index contributed by atoms with van der Waals surface area (Å²) < 4.78 is 5.28. The SMILES string of the molecule is CNC(CS)C(=O)NC1CCCO1. The molecule has 5 heteroatoms. The predicted octanol–water partition coefficient (Wildman–Crippen LogP) is -0.243. The number of carbonyl (C=O) groups excluding carboxylic acids is 1. The molecule has 1 saturated heterocycles. The lowest BCUT2D eigenvalue weighted by Crippen LogP contribution is -2.47. The van der Waals surface area contributed by atoms with E-state index in [9.17, 15) is 4.79 Å². The van der Waals surface area contributed by atoms with E-state index < -0.39 is 0 Å². The Morgan fingerprint density at radius 2 is 2.54 bits per heavy atom. The molecule has 0 bridgehead atoms. The highest BCUT2D eigenvalue weighted by molar-refractivity contribution is 7.80. The molecule has 0 aliphatic carbocycles. The highest BCUT2D eigenvalue weighted by Gasteiger charge is 2.21. The molecule has 1 rings (SSSR count). The van der Waals surface area contributed by atoms with Gasteiger partial charge in [0.2, 0.25) is 5.91 Å². The number of carbonyl (C=O) groups is 1. The van der Waals surface area contributed by atoms with E-state index in [4.69, 9.17) is 4.74 Å². The van der Waals surface area contributed by atoms with Crippen LogP contribution in [0.1, 0.15) is 12.8 Å². The monoisotopic (exact) mass is 204 g/mol. The second-order valence-electron chi connectivity index (χ2n) is 3.03. The van der Waals surface area contributed by atoms with Gasteiger partial charge < -0.3 is 15.4 Å². The van der Waals surface area contributed by atoms with Gasteiger partial charge in [0.05, 0.1) is 6.04 Å². The number of amides is 1. The second kappa shape index (κ2) is 5.47. The van der Waals surface area contributed by atoms with Crippen molar-refractivity contribution in [1.29, 1.82) is 0 Å². The summed E-state index contributed by atoms with van der Waals surface area (Å²) in [7, 11) is 1.75. The summed E-state index contributed by atoms with van der Waals surface area (Å²) in [6.45, 7) is 0.746. The summed E-state index contributed by atoms with van der Waals surface area (Å²) in [4.78, 5) is 11.5. The molecule has 0 radical (unpaired) electrons. The Balaban J connectivity index is 2.29. The first-order chi connectivity index (χ1) is 6.27. The molecule has 0 spiro atoms. The summed E-state index contributed by atoms with van der Waals surface area (Å²) in [6, 6.07) is -0.229. The third kappa shape index (κ3) is 3.17. The van der Waals surface area contributed by atoms with Crippen LogP contribution in [0.25, 0.3) is 0 Å². The lowest BCUT2D eigenvalue weighted by atomic mass is 10.3. The third-order valence-corrected chi connectivity index (χ3v) is 2.45. The van der Waals surface area contributed by atoms with Crippen LogP contribution in [0.2, 0.25) is 0 Å². The molecule has 2 N–H and O–H groups in total. The van der Waals surface area contributed by atoms with Crippen molar-refractivity contribution in [3.63, 3.8) is 0 Å². The normalized spacial score (nSPS) is 24.3. The van der Waals surface area contributed by atoms with Gasteiger partial charge in [-0.05, 0) is 19.9 Å². The lowest BCUT2D eigenvalue weighted by Gasteiger charge is -2.17. The van der Waals surface area contributed by atoms with Crippen LogP contribution in [0.4, 0.5) is 0 Å². The first kappa shape index (κ1) is 10.8. The zero-order valence-corrected chi connectivity index (χ0v) is 8.64. The zero-order chi connectivity index (χ0) is 9.68. The van der Waals surface area contributed by atoms with Crippen LogP contribution in [0, 0.1) is 0 Å². The molecule has 0 aromatic heterocycles. The molecule has 0 aromatic carbocycles. The van der Waals surface area contributed by atoms with Crippen LogP contribution < -0.4 is 10.6 Å². The Morgan fingerprint density at radius 1 is 1.77 bits per heavy atom. The van der Waals surface area contributed by atoms with Gasteiger partial charge in [0.1, 0.15) is 6.23 Å². The van der Waals surface area contributed by atoms with E-state index in [1.165, 1.54) is 0 Å². The molecule has 1 heterocycles. The summed E-state index contributed by atoms with van der Waals surface area (Å²) in [5, 5.41) is 5.69. The van der Waals surface area contributed by atoms with Crippen molar-refractivity contribution in [1.82, 2.24) is 10.6 Å². The molecular formula is C8H16N2O2S. The number of thiol groups is 1. The van der Waals surface area contributed by atoms with Crippen LogP contribution >= 0.6 is 12.6 Å². The van der Waals surface area contributed by atoms with Gasteiger partial charge in [-0.15, -0.1) is 0 Å². The molecule has 1 amide bonds. The van der Waals surface area contributed by atoms with Gasteiger partial charge in [0.15, 0.2) is 0 Å². The van der Waals surface area contributed by atoms with Gasteiger partial charge >= 0.3 is 0 Å². The van der Waals surface area contributed by atoms with Crippen LogP contribution in [-0.4, -0.2) is 37.6 Å². The van der Waals surface area contributed by atoms with Crippen LogP contribution in [0.15, 0.2) is 0 Å². The van der Waals surface area contributed by atoms with Crippen LogP contribution in [0.3, 0.4) is 0 Å². The Labute approximate surface area is 83.8 Å². The maximum absolute atomic E-state index is 11.5. The molecule has 0 aromatic rings. The lowest BCUT2D eigenvalue weighted by molar-refractivity contribution is -0.125. The van der Waals surface area contributed by atoms with Gasteiger partial charge in [-0.3, -0.25) is 4.79 Å².